The van der Waals surface area contributed by atoms with E-state index in [1.807, 2.05) is 0 Å². The van der Waals surface area contributed by atoms with E-state index in [-0.39, 0.29) is 18.6 Å². The number of halogens is 1. The highest BCUT2D eigenvalue weighted by atomic mass is 79.9. The summed E-state index contributed by atoms with van der Waals surface area (Å²) in [6, 6.07) is 2.67. The van der Waals surface area contributed by atoms with E-state index in [0.717, 1.165) is 0 Å². The van der Waals surface area contributed by atoms with E-state index >= 15 is 0 Å². The number of phenolic OH excluding ortho intramolecular Hbond substituents is 1. The van der Waals surface area contributed by atoms with Gasteiger partial charge in [-0.25, -0.2) is 0 Å². The summed E-state index contributed by atoms with van der Waals surface area (Å²) < 4.78 is 5.52. The van der Waals surface area contributed by atoms with E-state index in [2.05, 4.69) is 15.9 Å². The lowest BCUT2D eigenvalue weighted by molar-refractivity contribution is -0.137. The van der Waals surface area contributed by atoms with Gasteiger partial charge in [0, 0.05) is 18.0 Å². The molecule has 0 bridgehead atoms. The standard InChI is InChI=1S/C11H14BrNO4/c1-17-6-4-7(11(16)8(12)5-6)9(13)2-3-10(14)15/h4-5,9,16H,2-3,13H2,1H3,(H,14,15). The number of ether oxygens (including phenoxy) is 1. The number of phenols is 1. The second-order valence-electron chi connectivity index (χ2n) is 3.59. The minimum Gasteiger partial charge on any atom is -0.506 e. The van der Waals surface area contributed by atoms with Gasteiger partial charge >= 0.3 is 5.97 Å². The van der Waals surface area contributed by atoms with Crippen molar-refractivity contribution in [3.05, 3.63) is 22.2 Å². The Kier molecular flexibility index (Phi) is 4.77. The first-order valence-corrected chi connectivity index (χ1v) is 5.78. The molecule has 6 heteroatoms. The summed E-state index contributed by atoms with van der Waals surface area (Å²) in [7, 11) is 1.51. The highest BCUT2D eigenvalue weighted by molar-refractivity contribution is 9.10. The Hall–Kier alpha value is -1.27. The van der Waals surface area contributed by atoms with Crippen molar-refractivity contribution < 1.29 is 19.7 Å². The molecule has 0 aliphatic carbocycles. The molecule has 0 aromatic heterocycles. The molecule has 0 fully saturated rings. The molecular formula is C11H14BrNO4. The van der Waals surface area contributed by atoms with Crippen molar-refractivity contribution in [2.45, 2.75) is 18.9 Å². The molecular weight excluding hydrogens is 290 g/mol. The van der Waals surface area contributed by atoms with Gasteiger partial charge in [0.05, 0.1) is 11.6 Å². The Bertz CT molecular complexity index is 422. The van der Waals surface area contributed by atoms with Crippen molar-refractivity contribution in [3.8, 4) is 11.5 Å². The van der Waals surface area contributed by atoms with E-state index < -0.39 is 12.0 Å². The Morgan fingerprint density at radius 3 is 2.76 bits per heavy atom. The van der Waals surface area contributed by atoms with Crippen LogP contribution in [-0.2, 0) is 4.79 Å². The average Bonchev–Trinajstić information content (AvgIpc) is 2.29. The zero-order chi connectivity index (χ0) is 13.0. The lowest BCUT2D eigenvalue weighted by Gasteiger charge is -2.15. The molecule has 17 heavy (non-hydrogen) atoms. The number of rotatable bonds is 5. The number of carboxylic acid groups (broad SMARTS) is 1. The number of aromatic hydroxyl groups is 1. The summed E-state index contributed by atoms with van der Waals surface area (Å²) in [5, 5.41) is 18.4. The number of nitrogens with two attached hydrogens (primary N) is 1. The number of benzene rings is 1. The minimum absolute atomic E-state index is 0.0173. The van der Waals surface area contributed by atoms with Gasteiger partial charge in [0.15, 0.2) is 0 Å². The van der Waals surface area contributed by atoms with Crippen LogP contribution in [0.2, 0.25) is 0 Å². The minimum atomic E-state index is -0.915. The summed E-state index contributed by atoms with van der Waals surface area (Å²) in [6.45, 7) is 0. The molecule has 1 aromatic carbocycles. The zero-order valence-corrected chi connectivity index (χ0v) is 10.9. The predicted molar refractivity (Wildman–Crippen MR) is 66.2 cm³/mol. The molecule has 0 heterocycles. The van der Waals surface area contributed by atoms with Crippen molar-refractivity contribution in [2.24, 2.45) is 5.73 Å². The van der Waals surface area contributed by atoms with E-state index in [4.69, 9.17) is 15.6 Å². The van der Waals surface area contributed by atoms with Crippen LogP contribution >= 0.6 is 15.9 Å². The van der Waals surface area contributed by atoms with Gasteiger partial charge in [-0.15, -0.1) is 0 Å². The van der Waals surface area contributed by atoms with Crippen LogP contribution < -0.4 is 10.5 Å². The molecule has 0 amide bonds. The lowest BCUT2D eigenvalue weighted by Crippen LogP contribution is -2.12. The van der Waals surface area contributed by atoms with Crippen molar-refractivity contribution in [1.82, 2.24) is 0 Å². The highest BCUT2D eigenvalue weighted by Gasteiger charge is 2.16. The maximum atomic E-state index is 10.5. The van der Waals surface area contributed by atoms with Gasteiger partial charge in [0.2, 0.25) is 0 Å². The smallest absolute Gasteiger partial charge is 0.303 e. The molecule has 0 spiro atoms. The third-order valence-electron chi connectivity index (χ3n) is 2.37. The summed E-state index contributed by atoms with van der Waals surface area (Å²) >= 11 is 3.18. The van der Waals surface area contributed by atoms with Crippen LogP contribution in [0.3, 0.4) is 0 Å². The van der Waals surface area contributed by atoms with Gasteiger partial charge in [-0.05, 0) is 34.5 Å². The quantitative estimate of drug-likeness (QED) is 0.774. The van der Waals surface area contributed by atoms with Gasteiger partial charge in [0.1, 0.15) is 11.5 Å². The number of aliphatic carboxylic acids is 1. The largest absolute Gasteiger partial charge is 0.506 e. The highest BCUT2D eigenvalue weighted by Crippen LogP contribution is 2.36. The second kappa shape index (κ2) is 5.88. The molecule has 0 saturated carbocycles. The fourth-order valence-electron chi connectivity index (χ4n) is 1.43. The monoisotopic (exact) mass is 303 g/mol. The van der Waals surface area contributed by atoms with Gasteiger partial charge in [0.25, 0.3) is 0 Å². The van der Waals surface area contributed by atoms with Crippen molar-refractivity contribution >= 4 is 21.9 Å². The first-order chi connectivity index (χ1) is 7.95. The normalized spacial score (nSPS) is 12.2. The maximum absolute atomic E-state index is 10.5. The number of carbonyl (C=O) groups is 1. The number of methoxy groups -OCH3 is 1. The maximum Gasteiger partial charge on any atom is 0.303 e. The number of hydrogen-bond acceptors (Lipinski definition) is 4. The van der Waals surface area contributed by atoms with Crippen LogP contribution in [0.1, 0.15) is 24.4 Å². The molecule has 1 rings (SSSR count). The van der Waals surface area contributed by atoms with Crippen LogP contribution in [0.4, 0.5) is 0 Å². The topological polar surface area (TPSA) is 92.8 Å². The molecule has 94 valence electrons. The molecule has 4 N–H and O–H groups in total. The fraction of sp³-hybridized carbons (Fsp3) is 0.364. The van der Waals surface area contributed by atoms with Gasteiger partial charge in [-0.2, -0.15) is 0 Å². The Balaban J connectivity index is 2.95. The van der Waals surface area contributed by atoms with Crippen LogP contribution in [0, 0.1) is 0 Å². The van der Waals surface area contributed by atoms with E-state index in [1.165, 1.54) is 7.11 Å². The summed E-state index contributed by atoms with van der Waals surface area (Å²) in [6.07, 6.45) is 0.206. The van der Waals surface area contributed by atoms with Crippen molar-refractivity contribution in [1.29, 1.82) is 0 Å². The van der Waals surface area contributed by atoms with Crippen molar-refractivity contribution in [3.63, 3.8) is 0 Å². The van der Waals surface area contributed by atoms with Gasteiger partial charge < -0.3 is 20.7 Å². The van der Waals surface area contributed by atoms with Crippen LogP contribution in [-0.4, -0.2) is 23.3 Å². The SMILES string of the molecule is COc1cc(Br)c(O)c(C(N)CCC(=O)O)c1. The third kappa shape index (κ3) is 3.61. The molecule has 1 aromatic rings. The second-order valence-corrected chi connectivity index (χ2v) is 4.44. The van der Waals surface area contributed by atoms with Crippen LogP contribution in [0.25, 0.3) is 0 Å². The molecule has 1 unspecified atom stereocenters. The molecule has 0 aliphatic heterocycles. The molecule has 0 aliphatic rings. The van der Waals surface area contributed by atoms with E-state index in [9.17, 15) is 9.90 Å². The Morgan fingerprint density at radius 2 is 2.24 bits per heavy atom. The van der Waals surface area contributed by atoms with Gasteiger partial charge in [-0.3, -0.25) is 4.79 Å². The first-order valence-electron chi connectivity index (χ1n) is 4.99. The van der Waals surface area contributed by atoms with Crippen molar-refractivity contribution in [2.75, 3.05) is 7.11 Å². The average molecular weight is 304 g/mol. The van der Waals surface area contributed by atoms with Gasteiger partial charge in [-0.1, -0.05) is 0 Å². The van der Waals surface area contributed by atoms with Crippen LogP contribution in [0.5, 0.6) is 11.5 Å². The molecule has 5 nitrogen and oxygen atoms in total. The summed E-state index contributed by atoms with van der Waals surface area (Å²) in [5.74, 6) is -0.346. The predicted octanol–water partition coefficient (Wildman–Crippen LogP) is 2.03. The molecule has 1 atom stereocenters. The van der Waals surface area contributed by atoms with E-state index in [1.54, 1.807) is 12.1 Å². The Morgan fingerprint density at radius 1 is 1.59 bits per heavy atom. The molecule has 0 radical (unpaired) electrons. The molecule has 0 saturated heterocycles. The van der Waals surface area contributed by atoms with E-state index in [0.29, 0.717) is 15.8 Å². The third-order valence-corrected chi connectivity index (χ3v) is 2.98. The summed E-state index contributed by atoms with van der Waals surface area (Å²) in [4.78, 5) is 10.5. The Labute approximate surface area is 107 Å². The first kappa shape index (κ1) is 13.8. The lowest BCUT2D eigenvalue weighted by atomic mass is 10.0. The summed E-state index contributed by atoms with van der Waals surface area (Å²) in [5.41, 5.74) is 6.31. The number of carboxylic acids is 1. The number of hydrogen-bond donors (Lipinski definition) is 3. The zero-order valence-electron chi connectivity index (χ0n) is 9.31. The fourth-order valence-corrected chi connectivity index (χ4v) is 1.88. The van der Waals surface area contributed by atoms with Crippen LogP contribution in [0.15, 0.2) is 16.6 Å².